The molecule has 1 atom stereocenters. The summed E-state index contributed by atoms with van der Waals surface area (Å²) in [4.78, 5) is 14.4. The van der Waals surface area contributed by atoms with Gasteiger partial charge < -0.3 is 9.64 Å². The van der Waals surface area contributed by atoms with Gasteiger partial charge in [-0.1, -0.05) is 35.9 Å². The minimum Gasteiger partial charge on any atom is -0.496 e. The third kappa shape index (κ3) is 3.94. The van der Waals surface area contributed by atoms with Gasteiger partial charge in [0.25, 0.3) is 0 Å². The predicted octanol–water partition coefficient (Wildman–Crippen LogP) is 4.05. The molecule has 0 fully saturated rings. The first-order valence-electron chi connectivity index (χ1n) is 8.00. The third-order valence-electron chi connectivity index (χ3n) is 3.98. The summed E-state index contributed by atoms with van der Waals surface area (Å²) in [6.07, 6.45) is 0.124. The molecule has 0 saturated heterocycles. The van der Waals surface area contributed by atoms with E-state index in [-0.39, 0.29) is 12.3 Å². The van der Waals surface area contributed by atoms with Crippen molar-refractivity contribution >= 4 is 11.6 Å². The Hall–Kier alpha value is -2.80. The number of carbonyl (C=O) groups is 1. The molecule has 0 radical (unpaired) electrons. The van der Waals surface area contributed by atoms with Crippen molar-refractivity contribution in [3.8, 4) is 11.8 Å². The molecule has 2 aromatic rings. The van der Waals surface area contributed by atoms with Crippen molar-refractivity contribution in [1.29, 1.82) is 5.26 Å². The van der Waals surface area contributed by atoms with E-state index < -0.39 is 5.92 Å². The smallest absolute Gasteiger partial charge is 0.228 e. The van der Waals surface area contributed by atoms with Crippen LogP contribution in [0.5, 0.6) is 5.75 Å². The van der Waals surface area contributed by atoms with Gasteiger partial charge in [0.15, 0.2) is 0 Å². The van der Waals surface area contributed by atoms with E-state index in [2.05, 4.69) is 6.07 Å². The Bertz CT molecular complexity index is 735. The number of carbonyl (C=O) groups excluding carboxylic acids is 1. The molecule has 0 aliphatic heterocycles. The summed E-state index contributed by atoms with van der Waals surface area (Å²) in [7, 11) is 1.58. The molecule has 1 unspecified atom stereocenters. The highest BCUT2D eigenvalue weighted by Crippen LogP contribution is 2.30. The number of nitrogens with zero attached hydrogens (tertiary/aromatic N) is 2. The van der Waals surface area contributed by atoms with Crippen LogP contribution in [0.4, 0.5) is 5.69 Å². The van der Waals surface area contributed by atoms with Crippen molar-refractivity contribution in [3.63, 3.8) is 0 Å². The van der Waals surface area contributed by atoms with E-state index in [9.17, 15) is 10.1 Å². The lowest BCUT2D eigenvalue weighted by molar-refractivity contribution is -0.118. The maximum atomic E-state index is 12.7. The molecule has 2 aromatic carbocycles. The lowest BCUT2D eigenvalue weighted by atomic mass is 9.94. The molecule has 4 heteroatoms. The molecule has 2 rings (SSSR count). The second-order valence-corrected chi connectivity index (χ2v) is 5.60. The van der Waals surface area contributed by atoms with E-state index in [1.54, 1.807) is 12.0 Å². The Morgan fingerprint density at radius 1 is 1.25 bits per heavy atom. The Morgan fingerprint density at radius 3 is 2.54 bits per heavy atom. The number of benzene rings is 2. The van der Waals surface area contributed by atoms with Crippen molar-refractivity contribution in [2.45, 2.75) is 26.2 Å². The molecule has 0 aliphatic carbocycles. The molecule has 0 aliphatic rings. The summed E-state index contributed by atoms with van der Waals surface area (Å²) >= 11 is 0. The normalized spacial score (nSPS) is 11.4. The molecule has 0 saturated carbocycles. The number of amides is 1. The lowest BCUT2D eigenvalue weighted by Crippen LogP contribution is -2.31. The van der Waals surface area contributed by atoms with Crippen LogP contribution in [-0.2, 0) is 4.79 Å². The fraction of sp³-hybridized carbons (Fsp3) is 0.300. The van der Waals surface area contributed by atoms with Gasteiger partial charge in [0, 0.05) is 24.2 Å². The van der Waals surface area contributed by atoms with E-state index >= 15 is 0 Å². The van der Waals surface area contributed by atoms with Crippen molar-refractivity contribution in [2.75, 3.05) is 18.6 Å². The maximum absolute atomic E-state index is 12.7. The lowest BCUT2D eigenvalue weighted by Gasteiger charge is -2.23. The summed E-state index contributed by atoms with van der Waals surface area (Å²) in [5, 5.41) is 9.59. The van der Waals surface area contributed by atoms with Crippen LogP contribution in [0.15, 0.2) is 48.5 Å². The van der Waals surface area contributed by atoms with Crippen LogP contribution in [-0.4, -0.2) is 19.6 Å². The van der Waals surface area contributed by atoms with Gasteiger partial charge in [-0.25, -0.2) is 0 Å². The zero-order valence-electron chi connectivity index (χ0n) is 14.3. The van der Waals surface area contributed by atoms with Gasteiger partial charge in [-0.2, -0.15) is 5.26 Å². The van der Waals surface area contributed by atoms with Gasteiger partial charge in [0.05, 0.1) is 19.1 Å². The summed E-state index contributed by atoms with van der Waals surface area (Å²) in [6, 6.07) is 17.5. The molecule has 0 aromatic heterocycles. The number of rotatable bonds is 6. The minimum absolute atomic E-state index is 0.0705. The Morgan fingerprint density at radius 2 is 1.96 bits per heavy atom. The van der Waals surface area contributed by atoms with Crippen LogP contribution < -0.4 is 9.64 Å². The highest BCUT2D eigenvalue weighted by molar-refractivity contribution is 5.94. The van der Waals surface area contributed by atoms with Gasteiger partial charge in [-0.15, -0.1) is 0 Å². The Labute approximate surface area is 143 Å². The number of nitriles is 1. The standard InChI is InChI=1S/C20H22N2O2/c1-4-22(17-8-6-5-7-9-17)20(23)13-16(14-21)18-12-15(2)10-11-19(18)24-3/h5-12,16H,4,13H2,1-3H3. The average molecular weight is 322 g/mol. The van der Waals surface area contributed by atoms with Crippen LogP contribution >= 0.6 is 0 Å². The molecule has 0 spiro atoms. The predicted molar refractivity (Wildman–Crippen MR) is 95.2 cm³/mol. The second kappa shape index (κ2) is 8.16. The molecular weight excluding hydrogens is 300 g/mol. The topological polar surface area (TPSA) is 53.3 Å². The highest BCUT2D eigenvalue weighted by Gasteiger charge is 2.23. The van der Waals surface area contributed by atoms with E-state index in [0.29, 0.717) is 12.3 Å². The maximum Gasteiger partial charge on any atom is 0.228 e. The van der Waals surface area contributed by atoms with Crippen LogP contribution in [0.1, 0.15) is 30.4 Å². The fourth-order valence-corrected chi connectivity index (χ4v) is 2.75. The quantitative estimate of drug-likeness (QED) is 0.806. The summed E-state index contributed by atoms with van der Waals surface area (Å²) in [5.74, 6) is 0.0339. The van der Waals surface area contributed by atoms with E-state index in [1.807, 2.05) is 62.4 Å². The third-order valence-corrected chi connectivity index (χ3v) is 3.98. The molecule has 4 nitrogen and oxygen atoms in total. The van der Waals surface area contributed by atoms with E-state index in [1.165, 1.54) is 0 Å². The summed E-state index contributed by atoms with van der Waals surface area (Å²) < 4.78 is 5.36. The summed E-state index contributed by atoms with van der Waals surface area (Å²) in [6.45, 7) is 4.45. The molecule has 0 bridgehead atoms. The number of hydrogen-bond acceptors (Lipinski definition) is 3. The van der Waals surface area contributed by atoms with Crippen molar-refractivity contribution in [3.05, 3.63) is 59.7 Å². The molecule has 1 amide bonds. The minimum atomic E-state index is -0.537. The van der Waals surface area contributed by atoms with Crippen molar-refractivity contribution < 1.29 is 9.53 Å². The van der Waals surface area contributed by atoms with Crippen LogP contribution in [0, 0.1) is 18.3 Å². The van der Waals surface area contributed by atoms with Crippen LogP contribution in [0.25, 0.3) is 0 Å². The van der Waals surface area contributed by atoms with Gasteiger partial charge in [-0.3, -0.25) is 4.79 Å². The molecule has 0 N–H and O–H groups in total. The van der Waals surface area contributed by atoms with Crippen molar-refractivity contribution in [2.24, 2.45) is 0 Å². The van der Waals surface area contributed by atoms with E-state index in [4.69, 9.17) is 4.74 Å². The SMILES string of the molecule is CCN(C(=O)CC(C#N)c1cc(C)ccc1OC)c1ccccc1. The first kappa shape index (κ1) is 17.6. The summed E-state index contributed by atoms with van der Waals surface area (Å²) in [5.41, 5.74) is 2.64. The van der Waals surface area contributed by atoms with Gasteiger partial charge in [0.2, 0.25) is 5.91 Å². The molecular formula is C20H22N2O2. The highest BCUT2D eigenvalue weighted by atomic mass is 16.5. The fourth-order valence-electron chi connectivity index (χ4n) is 2.75. The molecule has 124 valence electrons. The largest absolute Gasteiger partial charge is 0.496 e. The first-order valence-corrected chi connectivity index (χ1v) is 8.00. The molecule has 24 heavy (non-hydrogen) atoms. The number of anilines is 1. The van der Waals surface area contributed by atoms with Gasteiger partial charge in [-0.05, 0) is 32.0 Å². The van der Waals surface area contributed by atoms with Gasteiger partial charge in [0.1, 0.15) is 5.75 Å². The second-order valence-electron chi connectivity index (χ2n) is 5.60. The average Bonchev–Trinajstić information content (AvgIpc) is 2.61. The Kier molecular flexibility index (Phi) is 5.97. The number of hydrogen-bond donors (Lipinski definition) is 0. The van der Waals surface area contributed by atoms with Crippen LogP contribution in [0.3, 0.4) is 0 Å². The number of ether oxygens (including phenoxy) is 1. The zero-order chi connectivity index (χ0) is 17.5. The number of methoxy groups -OCH3 is 1. The van der Waals surface area contributed by atoms with Crippen molar-refractivity contribution in [1.82, 2.24) is 0 Å². The number of para-hydroxylation sites is 1. The first-order chi connectivity index (χ1) is 11.6. The van der Waals surface area contributed by atoms with Gasteiger partial charge >= 0.3 is 0 Å². The molecule has 0 heterocycles. The monoisotopic (exact) mass is 322 g/mol. The number of aryl methyl sites for hydroxylation is 1. The Balaban J connectivity index is 2.25. The van der Waals surface area contributed by atoms with Crippen LogP contribution in [0.2, 0.25) is 0 Å². The zero-order valence-corrected chi connectivity index (χ0v) is 14.3. The van der Waals surface area contributed by atoms with E-state index in [0.717, 1.165) is 16.8 Å².